The van der Waals surface area contributed by atoms with Gasteiger partial charge in [0.05, 0.1) is 28.4 Å². The molecule has 0 aliphatic heterocycles. The molecule has 20 heavy (non-hydrogen) atoms. The second-order valence-corrected chi connectivity index (χ2v) is 4.99. The maximum absolute atomic E-state index is 6.26. The number of nitrogens with two attached hydrogens (primary N) is 1. The Hall–Kier alpha value is -1.91. The van der Waals surface area contributed by atoms with Crippen LogP contribution in [0.5, 0.6) is 5.75 Å². The number of methoxy groups -OCH3 is 1. The lowest BCUT2D eigenvalue weighted by Gasteiger charge is -2.09. The molecule has 0 unspecified atom stereocenters. The molecule has 0 aliphatic carbocycles. The Balaban J connectivity index is 2.37. The van der Waals surface area contributed by atoms with E-state index < -0.39 is 0 Å². The van der Waals surface area contributed by atoms with Crippen molar-refractivity contribution in [2.24, 2.45) is 0 Å². The molecule has 0 saturated heterocycles. The number of imidazole rings is 1. The second-order valence-electron chi connectivity index (χ2n) is 4.21. The summed E-state index contributed by atoms with van der Waals surface area (Å²) in [6.07, 6.45) is 0. The van der Waals surface area contributed by atoms with Crippen LogP contribution in [0.15, 0.2) is 36.4 Å². The minimum Gasteiger partial charge on any atom is -0.494 e. The van der Waals surface area contributed by atoms with E-state index in [0.717, 1.165) is 5.52 Å². The van der Waals surface area contributed by atoms with E-state index in [9.17, 15) is 0 Å². The Labute approximate surface area is 125 Å². The summed E-state index contributed by atoms with van der Waals surface area (Å²) in [5.41, 5.74) is 8.20. The lowest BCUT2D eigenvalue weighted by atomic mass is 10.2. The van der Waals surface area contributed by atoms with Crippen LogP contribution >= 0.6 is 23.2 Å². The molecule has 102 valence electrons. The van der Waals surface area contributed by atoms with Gasteiger partial charge in [0.25, 0.3) is 0 Å². The van der Waals surface area contributed by atoms with Crippen LogP contribution in [0.1, 0.15) is 0 Å². The van der Waals surface area contributed by atoms with Crippen molar-refractivity contribution in [2.75, 3.05) is 12.8 Å². The van der Waals surface area contributed by atoms with Gasteiger partial charge in [-0.2, -0.15) is 0 Å². The van der Waals surface area contributed by atoms with E-state index in [1.54, 1.807) is 17.7 Å². The van der Waals surface area contributed by atoms with Gasteiger partial charge in [0.15, 0.2) is 0 Å². The maximum atomic E-state index is 6.26. The van der Waals surface area contributed by atoms with Gasteiger partial charge in [0, 0.05) is 0 Å². The smallest absolute Gasteiger partial charge is 0.206 e. The van der Waals surface area contributed by atoms with E-state index in [2.05, 4.69) is 4.98 Å². The van der Waals surface area contributed by atoms with Crippen molar-refractivity contribution < 1.29 is 4.74 Å². The highest BCUT2D eigenvalue weighted by molar-refractivity contribution is 6.43. The van der Waals surface area contributed by atoms with Gasteiger partial charge in [-0.3, -0.25) is 4.57 Å². The predicted molar refractivity (Wildman–Crippen MR) is 82.1 cm³/mol. The normalized spacial score (nSPS) is 10.9. The van der Waals surface area contributed by atoms with Crippen molar-refractivity contribution in [1.29, 1.82) is 0 Å². The first-order valence-electron chi connectivity index (χ1n) is 5.89. The number of rotatable bonds is 2. The summed E-state index contributed by atoms with van der Waals surface area (Å²) in [5.74, 6) is 0.986. The number of nitrogens with zero attached hydrogens (tertiary/aromatic N) is 2. The van der Waals surface area contributed by atoms with E-state index >= 15 is 0 Å². The molecule has 3 rings (SSSR count). The standard InChI is InChI=1S/C14H11Cl2N3O/c1-20-11-7-3-6-10-13(11)18-14(17)19(10)9-5-2-4-8(15)12(9)16/h2-7H,1H3,(H2,17,18). The van der Waals surface area contributed by atoms with Gasteiger partial charge in [-0.25, -0.2) is 4.98 Å². The lowest BCUT2D eigenvalue weighted by molar-refractivity contribution is 0.419. The van der Waals surface area contributed by atoms with Gasteiger partial charge >= 0.3 is 0 Å². The molecule has 3 aromatic rings. The number of anilines is 1. The van der Waals surface area contributed by atoms with Crippen LogP contribution in [0.2, 0.25) is 10.0 Å². The van der Waals surface area contributed by atoms with Gasteiger partial charge in [-0.05, 0) is 24.3 Å². The van der Waals surface area contributed by atoms with Gasteiger partial charge in [0.1, 0.15) is 11.3 Å². The molecule has 0 radical (unpaired) electrons. The Morgan fingerprint density at radius 1 is 1.15 bits per heavy atom. The number of halogens is 2. The zero-order valence-corrected chi connectivity index (χ0v) is 12.1. The van der Waals surface area contributed by atoms with Crippen LogP contribution in [0.3, 0.4) is 0 Å². The van der Waals surface area contributed by atoms with Crippen LogP contribution in [-0.4, -0.2) is 16.7 Å². The quantitative estimate of drug-likeness (QED) is 0.780. The predicted octanol–water partition coefficient (Wildman–Crippen LogP) is 3.92. The Bertz CT molecular complexity index is 798. The molecule has 1 aromatic heterocycles. The molecule has 1 heterocycles. The Morgan fingerprint density at radius 2 is 1.90 bits per heavy atom. The van der Waals surface area contributed by atoms with Crippen molar-refractivity contribution in [3.8, 4) is 11.4 Å². The Kier molecular flexibility index (Phi) is 3.20. The topological polar surface area (TPSA) is 53.1 Å². The van der Waals surface area contributed by atoms with Gasteiger partial charge < -0.3 is 10.5 Å². The number of hydrogen-bond donors (Lipinski definition) is 1. The highest BCUT2D eigenvalue weighted by atomic mass is 35.5. The monoisotopic (exact) mass is 307 g/mol. The third-order valence-electron chi connectivity index (χ3n) is 3.07. The van der Waals surface area contributed by atoms with Gasteiger partial charge in [-0.15, -0.1) is 0 Å². The number of fused-ring (bicyclic) bond motifs is 1. The van der Waals surface area contributed by atoms with E-state index in [0.29, 0.717) is 32.9 Å². The summed E-state index contributed by atoms with van der Waals surface area (Å²) in [6, 6.07) is 11.0. The molecule has 0 spiro atoms. The molecule has 0 fully saturated rings. The SMILES string of the molecule is COc1cccc2c1nc(N)n2-c1cccc(Cl)c1Cl. The molecule has 4 nitrogen and oxygen atoms in total. The molecule has 6 heteroatoms. The lowest BCUT2D eigenvalue weighted by Crippen LogP contribution is -2.01. The molecule has 2 aromatic carbocycles. The average Bonchev–Trinajstić information content (AvgIpc) is 2.78. The van der Waals surface area contributed by atoms with Crippen LogP contribution in [0.25, 0.3) is 16.7 Å². The van der Waals surface area contributed by atoms with Gasteiger partial charge in [-0.1, -0.05) is 35.3 Å². The molecule has 0 bridgehead atoms. The maximum Gasteiger partial charge on any atom is 0.206 e. The van der Waals surface area contributed by atoms with Crippen LogP contribution < -0.4 is 10.5 Å². The largest absolute Gasteiger partial charge is 0.494 e. The molecular formula is C14H11Cl2N3O. The fraction of sp³-hybridized carbons (Fsp3) is 0.0714. The van der Waals surface area contributed by atoms with E-state index in [1.165, 1.54) is 0 Å². The minimum absolute atomic E-state index is 0.327. The number of aromatic nitrogens is 2. The summed E-state index contributed by atoms with van der Waals surface area (Å²) in [5, 5.41) is 0.899. The van der Waals surface area contributed by atoms with Crippen molar-refractivity contribution in [1.82, 2.24) is 9.55 Å². The number of benzene rings is 2. The van der Waals surface area contributed by atoms with Gasteiger partial charge in [0.2, 0.25) is 5.95 Å². The number of ether oxygens (including phenoxy) is 1. The van der Waals surface area contributed by atoms with E-state index in [1.807, 2.05) is 30.3 Å². The van der Waals surface area contributed by atoms with Crippen molar-refractivity contribution in [3.05, 3.63) is 46.4 Å². The highest BCUT2D eigenvalue weighted by Crippen LogP contribution is 2.34. The molecular weight excluding hydrogens is 297 g/mol. The number of para-hydroxylation sites is 1. The molecule has 0 aliphatic rings. The minimum atomic E-state index is 0.327. The first-order chi connectivity index (χ1) is 9.63. The first kappa shape index (κ1) is 13.1. The third kappa shape index (κ3) is 1.88. The zero-order valence-electron chi connectivity index (χ0n) is 10.6. The highest BCUT2D eigenvalue weighted by Gasteiger charge is 2.16. The summed E-state index contributed by atoms with van der Waals surface area (Å²) in [7, 11) is 1.59. The van der Waals surface area contributed by atoms with Crippen molar-refractivity contribution in [2.45, 2.75) is 0 Å². The van der Waals surface area contributed by atoms with E-state index in [4.69, 9.17) is 33.7 Å². The fourth-order valence-corrected chi connectivity index (χ4v) is 2.55. The summed E-state index contributed by atoms with van der Waals surface area (Å²) < 4.78 is 7.05. The Morgan fingerprint density at radius 3 is 2.65 bits per heavy atom. The number of hydrogen-bond acceptors (Lipinski definition) is 3. The summed E-state index contributed by atoms with van der Waals surface area (Å²) in [4.78, 5) is 4.35. The number of nitrogen functional groups attached to an aromatic ring is 1. The molecule has 0 saturated carbocycles. The van der Waals surface area contributed by atoms with Crippen molar-refractivity contribution in [3.63, 3.8) is 0 Å². The van der Waals surface area contributed by atoms with Crippen LogP contribution in [0, 0.1) is 0 Å². The van der Waals surface area contributed by atoms with Crippen LogP contribution in [-0.2, 0) is 0 Å². The van der Waals surface area contributed by atoms with E-state index in [-0.39, 0.29) is 0 Å². The summed E-state index contributed by atoms with van der Waals surface area (Å²) in [6.45, 7) is 0. The third-order valence-corrected chi connectivity index (χ3v) is 3.88. The first-order valence-corrected chi connectivity index (χ1v) is 6.64. The van der Waals surface area contributed by atoms with Crippen LogP contribution in [0.4, 0.5) is 5.95 Å². The molecule has 2 N–H and O–H groups in total. The summed E-state index contributed by atoms with van der Waals surface area (Å²) >= 11 is 12.3. The second kappa shape index (κ2) is 4.89. The molecule has 0 atom stereocenters. The molecule has 0 amide bonds. The average molecular weight is 308 g/mol. The zero-order chi connectivity index (χ0) is 14.3. The van der Waals surface area contributed by atoms with Crippen molar-refractivity contribution >= 4 is 40.2 Å². The fourth-order valence-electron chi connectivity index (χ4n) is 2.17.